The lowest BCUT2D eigenvalue weighted by Gasteiger charge is -2.26. The number of aryl methyl sites for hydroxylation is 1. The van der Waals surface area contributed by atoms with Gasteiger partial charge < -0.3 is 5.21 Å². The van der Waals surface area contributed by atoms with Crippen molar-refractivity contribution in [2.45, 2.75) is 44.2 Å². The minimum absolute atomic E-state index is 0.0952. The molecule has 1 atom stereocenters. The fourth-order valence-electron chi connectivity index (χ4n) is 2.48. The van der Waals surface area contributed by atoms with Gasteiger partial charge in [0.05, 0.1) is 4.90 Å². The van der Waals surface area contributed by atoms with E-state index in [9.17, 15) is 13.6 Å². The summed E-state index contributed by atoms with van der Waals surface area (Å²) in [5, 5.41) is 11.2. The third kappa shape index (κ3) is 5.93. The molecule has 0 saturated heterocycles. The van der Waals surface area contributed by atoms with Crippen LogP contribution in [-0.4, -0.2) is 37.3 Å². The van der Waals surface area contributed by atoms with E-state index in [2.05, 4.69) is 4.72 Å². The summed E-state index contributed by atoms with van der Waals surface area (Å²) in [6.45, 7) is 5.83. The normalized spacial score (nSPS) is 13.4. The summed E-state index contributed by atoms with van der Waals surface area (Å²) in [5.74, 6) is 0. The van der Waals surface area contributed by atoms with E-state index < -0.39 is 16.1 Å². The van der Waals surface area contributed by atoms with Crippen molar-refractivity contribution in [1.82, 2.24) is 9.79 Å². The fourth-order valence-corrected chi connectivity index (χ4v) is 3.71. The van der Waals surface area contributed by atoms with Gasteiger partial charge in [0.15, 0.2) is 0 Å². The Balaban J connectivity index is 2.20. The molecule has 25 heavy (non-hydrogen) atoms. The van der Waals surface area contributed by atoms with E-state index in [1.54, 1.807) is 24.3 Å². The van der Waals surface area contributed by atoms with Crippen molar-refractivity contribution >= 4 is 10.0 Å². The SMILES string of the molecule is Cc1ccc(S(=O)(=O)NC(Cc2ccccc2)CN(O)C(C)C)cc1. The number of nitrogens with one attached hydrogen (secondary N) is 1. The molecule has 2 aromatic rings. The molecule has 0 aliphatic carbocycles. The molecular weight excluding hydrogens is 336 g/mol. The van der Waals surface area contributed by atoms with Gasteiger partial charge in [-0.05, 0) is 44.9 Å². The van der Waals surface area contributed by atoms with Crippen molar-refractivity contribution in [2.24, 2.45) is 0 Å². The Morgan fingerprint density at radius 2 is 1.64 bits per heavy atom. The highest BCUT2D eigenvalue weighted by molar-refractivity contribution is 7.89. The van der Waals surface area contributed by atoms with Gasteiger partial charge in [0.2, 0.25) is 10.0 Å². The predicted molar refractivity (Wildman–Crippen MR) is 99.1 cm³/mol. The lowest BCUT2D eigenvalue weighted by Crippen LogP contribution is -2.45. The molecule has 0 aliphatic heterocycles. The zero-order valence-corrected chi connectivity index (χ0v) is 15.7. The van der Waals surface area contributed by atoms with Gasteiger partial charge in [0.1, 0.15) is 0 Å². The van der Waals surface area contributed by atoms with Crippen LogP contribution in [0.4, 0.5) is 0 Å². The zero-order chi connectivity index (χ0) is 18.4. The maximum atomic E-state index is 12.7. The smallest absolute Gasteiger partial charge is 0.240 e. The molecular formula is C19H26N2O3S. The lowest BCUT2D eigenvalue weighted by atomic mass is 10.1. The quantitative estimate of drug-likeness (QED) is 0.708. The molecule has 6 heteroatoms. The highest BCUT2D eigenvalue weighted by atomic mass is 32.2. The van der Waals surface area contributed by atoms with Crippen LogP contribution in [0.2, 0.25) is 0 Å². The van der Waals surface area contributed by atoms with Crippen LogP contribution in [0.15, 0.2) is 59.5 Å². The van der Waals surface area contributed by atoms with Crippen LogP contribution in [0.3, 0.4) is 0 Å². The molecule has 0 fully saturated rings. The van der Waals surface area contributed by atoms with E-state index in [4.69, 9.17) is 0 Å². The van der Waals surface area contributed by atoms with Crippen LogP contribution in [0, 0.1) is 6.92 Å². The summed E-state index contributed by atoms with van der Waals surface area (Å²) in [6, 6.07) is 15.8. The standard InChI is InChI=1S/C19H26N2O3S/c1-15(2)21(22)14-18(13-17-7-5-4-6-8-17)20-25(23,24)19-11-9-16(3)10-12-19/h4-12,15,18,20,22H,13-14H2,1-3H3. The largest absolute Gasteiger partial charge is 0.314 e. The van der Waals surface area contributed by atoms with Crippen molar-refractivity contribution in [3.63, 3.8) is 0 Å². The topological polar surface area (TPSA) is 69.6 Å². The van der Waals surface area contributed by atoms with E-state index in [0.29, 0.717) is 6.42 Å². The van der Waals surface area contributed by atoms with Crippen LogP contribution >= 0.6 is 0 Å². The molecule has 2 rings (SSSR count). The predicted octanol–water partition coefficient (Wildman–Crippen LogP) is 2.98. The highest BCUT2D eigenvalue weighted by Gasteiger charge is 2.23. The second kappa shape index (κ2) is 8.58. The minimum Gasteiger partial charge on any atom is -0.314 e. The van der Waals surface area contributed by atoms with Crippen molar-refractivity contribution in [2.75, 3.05) is 6.54 Å². The number of nitrogens with zero attached hydrogens (tertiary/aromatic N) is 1. The third-order valence-electron chi connectivity index (χ3n) is 3.98. The summed E-state index contributed by atoms with van der Waals surface area (Å²) in [7, 11) is -3.66. The van der Waals surface area contributed by atoms with Crippen LogP contribution in [0.1, 0.15) is 25.0 Å². The third-order valence-corrected chi connectivity index (χ3v) is 5.52. The van der Waals surface area contributed by atoms with E-state index in [-0.39, 0.29) is 17.5 Å². The summed E-state index contributed by atoms with van der Waals surface area (Å²) in [5.41, 5.74) is 2.01. The molecule has 0 bridgehead atoms. The number of hydrogen-bond donors (Lipinski definition) is 2. The first-order valence-electron chi connectivity index (χ1n) is 8.36. The first-order valence-corrected chi connectivity index (χ1v) is 9.84. The molecule has 2 N–H and O–H groups in total. The van der Waals surface area contributed by atoms with E-state index in [0.717, 1.165) is 16.2 Å². The summed E-state index contributed by atoms with van der Waals surface area (Å²) in [4.78, 5) is 0.227. The van der Waals surface area contributed by atoms with Gasteiger partial charge in [-0.15, -0.1) is 0 Å². The first-order chi connectivity index (χ1) is 11.8. The second-order valence-electron chi connectivity index (χ2n) is 6.54. The minimum atomic E-state index is -3.66. The average Bonchev–Trinajstić information content (AvgIpc) is 2.55. The number of sulfonamides is 1. The maximum Gasteiger partial charge on any atom is 0.240 e. The monoisotopic (exact) mass is 362 g/mol. The summed E-state index contributed by atoms with van der Waals surface area (Å²) < 4.78 is 28.1. The molecule has 2 aromatic carbocycles. The van der Waals surface area contributed by atoms with Crippen LogP contribution in [-0.2, 0) is 16.4 Å². The number of hydroxylamine groups is 2. The molecule has 0 saturated carbocycles. The van der Waals surface area contributed by atoms with Crippen molar-refractivity contribution in [3.05, 3.63) is 65.7 Å². The Bertz CT molecular complexity index is 759. The lowest BCUT2D eigenvalue weighted by molar-refractivity contribution is -0.120. The van der Waals surface area contributed by atoms with Gasteiger partial charge in [0.25, 0.3) is 0 Å². The molecule has 0 amide bonds. The van der Waals surface area contributed by atoms with Gasteiger partial charge in [-0.2, -0.15) is 5.06 Å². The van der Waals surface area contributed by atoms with Gasteiger partial charge in [0, 0.05) is 18.6 Å². The molecule has 0 spiro atoms. The van der Waals surface area contributed by atoms with Gasteiger partial charge in [-0.3, -0.25) is 0 Å². The summed E-state index contributed by atoms with van der Waals surface area (Å²) >= 11 is 0. The molecule has 0 aromatic heterocycles. The van der Waals surface area contributed by atoms with E-state index in [1.165, 1.54) is 0 Å². The molecule has 0 heterocycles. The first kappa shape index (κ1) is 19.6. The highest BCUT2D eigenvalue weighted by Crippen LogP contribution is 2.13. The van der Waals surface area contributed by atoms with Gasteiger partial charge in [-0.25, -0.2) is 13.1 Å². The Labute approximate surface area is 150 Å². The number of hydrogen-bond acceptors (Lipinski definition) is 4. The number of rotatable bonds is 8. The van der Waals surface area contributed by atoms with E-state index in [1.807, 2.05) is 51.1 Å². The van der Waals surface area contributed by atoms with Crippen LogP contribution in [0.25, 0.3) is 0 Å². The van der Waals surface area contributed by atoms with Crippen molar-refractivity contribution < 1.29 is 13.6 Å². The van der Waals surface area contributed by atoms with Crippen molar-refractivity contribution in [1.29, 1.82) is 0 Å². The zero-order valence-electron chi connectivity index (χ0n) is 14.9. The maximum absolute atomic E-state index is 12.7. The molecule has 5 nitrogen and oxygen atoms in total. The number of benzene rings is 2. The Morgan fingerprint density at radius 3 is 2.20 bits per heavy atom. The van der Waals surface area contributed by atoms with Crippen molar-refractivity contribution in [3.8, 4) is 0 Å². The van der Waals surface area contributed by atoms with Gasteiger partial charge >= 0.3 is 0 Å². The average molecular weight is 362 g/mol. The Hall–Kier alpha value is -1.73. The molecule has 1 unspecified atom stereocenters. The van der Waals surface area contributed by atoms with Crippen LogP contribution in [0.5, 0.6) is 0 Å². The Kier molecular flexibility index (Phi) is 6.72. The Morgan fingerprint density at radius 1 is 1.04 bits per heavy atom. The molecule has 136 valence electrons. The van der Waals surface area contributed by atoms with Gasteiger partial charge in [-0.1, -0.05) is 48.0 Å². The molecule has 0 radical (unpaired) electrons. The van der Waals surface area contributed by atoms with Crippen LogP contribution < -0.4 is 4.72 Å². The fraction of sp³-hybridized carbons (Fsp3) is 0.368. The molecule has 0 aliphatic rings. The van der Waals surface area contributed by atoms with E-state index >= 15 is 0 Å². The summed E-state index contributed by atoms with van der Waals surface area (Å²) in [6.07, 6.45) is 0.496. The second-order valence-corrected chi connectivity index (χ2v) is 8.25.